The molecule has 1 atom stereocenters. The van der Waals surface area contributed by atoms with E-state index in [-0.39, 0.29) is 5.82 Å². The van der Waals surface area contributed by atoms with Gasteiger partial charge in [-0.1, -0.05) is 6.07 Å². The molecule has 0 saturated carbocycles. The van der Waals surface area contributed by atoms with Crippen molar-refractivity contribution < 1.29 is 4.39 Å². The number of nitrogens with two attached hydrogens (primary N) is 1. The van der Waals surface area contributed by atoms with Crippen molar-refractivity contribution in [2.24, 2.45) is 5.73 Å². The van der Waals surface area contributed by atoms with E-state index < -0.39 is 0 Å². The van der Waals surface area contributed by atoms with Gasteiger partial charge in [-0.2, -0.15) is 0 Å². The Hall–Kier alpha value is -1.13. The lowest BCUT2D eigenvalue weighted by Crippen LogP contribution is -2.45. The second kappa shape index (κ2) is 6.35. The highest BCUT2D eigenvalue weighted by molar-refractivity contribution is 5.49. The molecule has 1 aromatic carbocycles. The second-order valence-corrected chi connectivity index (χ2v) is 5.53. The van der Waals surface area contributed by atoms with E-state index in [1.54, 1.807) is 6.07 Å². The van der Waals surface area contributed by atoms with Crippen LogP contribution in [0.2, 0.25) is 0 Å². The molecule has 0 amide bonds. The van der Waals surface area contributed by atoms with E-state index in [9.17, 15) is 4.39 Å². The van der Waals surface area contributed by atoms with Gasteiger partial charge in [-0.25, -0.2) is 4.39 Å². The highest BCUT2D eigenvalue weighted by Gasteiger charge is 2.23. The summed E-state index contributed by atoms with van der Waals surface area (Å²) in [7, 11) is 4.18. The standard InChI is InChI=1S/C15H24FN3/c1-18(2)13-4-3-9-19(11-13)15-6-5-12(7-8-17)10-14(15)16/h5-6,10,13H,3-4,7-9,11,17H2,1-2H3. The van der Waals surface area contributed by atoms with Gasteiger partial charge in [-0.3, -0.25) is 0 Å². The Morgan fingerprint density at radius 2 is 2.21 bits per heavy atom. The molecule has 1 saturated heterocycles. The Labute approximate surface area is 115 Å². The van der Waals surface area contributed by atoms with Crippen LogP contribution in [0.5, 0.6) is 0 Å². The van der Waals surface area contributed by atoms with Crippen LogP contribution < -0.4 is 10.6 Å². The molecule has 1 heterocycles. The molecule has 3 nitrogen and oxygen atoms in total. The van der Waals surface area contributed by atoms with Crippen LogP contribution in [-0.4, -0.2) is 44.7 Å². The predicted octanol–water partition coefficient (Wildman–Crippen LogP) is 1.86. The third-order valence-electron chi connectivity index (χ3n) is 3.91. The van der Waals surface area contributed by atoms with Crippen molar-refractivity contribution >= 4 is 5.69 Å². The first kappa shape index (κ1) is 14.3. The first-order chi connectivity index (χ1) is 9.11. The Kier molecular flexibility index (Phi) is 4.77. The fourth-order valence-corrected chi connectivity index (χ4v) is 2.72. The van der Waals surface area contributed by atoms with Crippen molar-refractivity contribution in [1.82, 2.24) is 4.90 Å². The normalized spacial score (nSPS) is 20.1. The number of hydrogen-bond acceptors (Lipinski definition) is 3. The van der Waals surface area contributed by atoms with Gasteiger partial charge < -0.3 is 15.5 Å². The molecule has 0 bridgehead atoms. The van der Waals surface area contributed by atoms with Gasteiger partial charge in [0.25, 0.3) is 0 Å². The third kappa shape index (κ3) is 3.45. The van der Waals surface area contributed by atoms with Crippen molar-refractivity contribution in [3.8, 4) is 0 Å². The molecule has 4 heteroatoms. The van der Waals surface area contributed by atoms with E-state index in [0.29, 0.717) is 12.6 Å². The summed E-state index contributed by atoms with van der Waals surface area (Å²) in [5, 5.41) is 0. The van der Waals surface area contributed by atoms with Gasteiger partial charge in [0.15, 0.2) is 0 Å². The van der Waals surface area contributed by atoms with E-state index in [1.807, 2.05) is 12.1 Å². The first-order valence-electron chi connectivity index (χ1n) is 7.01. The third-order valence-corrected chi connectivity index (χ3v) is 3.91. The Morgan fingerprint density at radius 3 is 2.84 bits per heavy atom. The zero-order valence-corrected chi connectivity index (χ0v) is 11.9. The van der Waals surface area contributed by atoms with Gasteiger partial charge in [0.2, 0.25) is 0 Å². The Bertz CT molecular complexity index is 420. The fraction of sp³-hybridized carbons (Fsp3) is 0.600. The van der Waals surface area contributed by atoms with Gasteiger partial charge in [0, 0.05) is 19.1 Å². The number of hydrogen-bond donors (Lipinski definition) is 1. The molecule has 106 valence electrons. The number of nitrogens with zero attached hydrogens (tertiary/aromatic N) is 2. The highest BCUT2D eigenvalue weighted by atomic mass is 19.1. The highest BCUT2D eigenvalue weighted by Crippen LogP contribution is 2.25. The molecule has 0 radical (unpaired) electrons. The van der Waals surface area contributed by atoms with Crippen LogP contribution in [0, 0.1) is 5.82 Å². The molecule has 1 aromatic rings. The Balaban J connectivity index is 2.12. The maximum Gasteiger partial charge on any atom is 0.146 e. The van der Waals surface area contributed by atoms with E-state index in [1.165, 1.54) is 6.42 Å². The van der Waals surface area contributed by atoms with Crippen molar-refractivity contribution in [3.05, 3.63) is 29.6 Å². The van der Waals surface area contributed by atoms with Crippen molar-refractivity contribution in [1.29, 1.82) is 0 Å². The number of anilines is 1. The lowest BCUT2D eigenvalue weighted by molar-refractivity contribution is 0.257. The average Bonchev–Trinajstić information content (AvgIpc) is 2.39. The van der Waals surface area contributed by atoms with Crippen molar-refractivity contribution in [2.45, 2.75) is 25.3 Å². The van der Waals surface area contributed by atoms with Crippen LogP contribution in [0.15, 0.2) is 18.2 Å². The minimum absolute atomic E-state index is 0.120. The summed E-state index contributed by atoms with van der Waals surface area (Å²) < 4.78 is 14.2. The van der Waals surface area contributed by atoms with Crippen LogP contribution in [0.3, 0.4) is 0 Å². The Morgan fingerprint density at radius 1 is 1.42 bits per heavy atom. The monoisotopic (exact) mass is 265 g/mol. The molecule has 19 heavy (non-hydrogen) atoms. The molecular weight excluding hydrogens is 241 g/mol. The summed E-state index contributed by atoms with van der Waals surface area (Å²) in [6.07, 6.45) is 3.04. The SMILES string of the molecule is CN(C)C1CCCN(c2ccc(CCN)cc2F)C1. The quantitative estimate of drug-likeness (QED) is 0.902. The van der Waals surface area contributed by atoms with Gasteiger partial charge in [-0.15, -0.1) is 0 Å². The van der Waals surface area contributed by atoms with E-state index in [2.05, 4.69) is 23.9 Å². The number of benzene rings is 1. The molecule has 1 unspecified atom stereocenters. The van der Waals surface area contributed by atoms with E-state index in [0.717, 1.165) is 37.2 Å². The van der Waals surface area contributed by atoms with Crippen molar-refractivity contribution in [2.75, 3.05) is 38.6 Å². The molecular formula is C15H24FN3. The van der Waals surface area contributed by atoms with Crippen LogP contribution in [-0.2, 0) is 6.42 Å². The summed E-state index contributed by atoms with van der Waals surface area (Å²) in [5.41, 5.74) is 7.21. The number of likely N-dealkylation sites (N-methyl/N-ethyl adjacent to an activating group) is 1. The second-order valence-electron chi connectivity index (χ2n) is 5.53. The lowest BCUT2D eigenvalue weighted by Gasteiger charge is -2.37. The van der Waals surface area contributed by atoms with Gasteiger partial charge in [0.1, 0.15) is 5.82 Å². The number of rotatable bonds is 4. The molecule has 1 aliphatic rings. The number of halogens is 1. The summed E-state index contributed by atoms with van der Waals surface area (Å²) in [6.45, 7) is 2.41. The summed E-state index contributed by atoms with van der Waals surface area (Å²) in [4.78, 5) is 4.39. The lowest BCUT2D eigenvalue weighted by atomic mass is 10.0. The fourth-order valence-electron chi connectivity index (χ4n) is 2.72. The molecule has 2 N–H and O–H groups in total. The summed E-state index contributed by atoms with van der Waals surface area (Å²) in [6, 6.07) is 6.03. The van der Waals surface area contributed by atoms with Gasteiger partial charge in [-0.05, 0) is 57.6 Å². The van der Waals surface area contributed by atoms with Gasteiger partial charge >= 0.3 is 0 Å². The largest absolute Gasteiger partial charge is 0.368 e. The smallest absolute Gasteiger partial charge is 0.146 e. The molecule has 0 aliphatic carbocycles. The van der Waals surface area contributed by atoms with Crippen LogP contribution in [0.25, 0.3) is 0 Å². The predicted molar refractivity (Wildman–Crippen MR) is 78.1 cm³/mol. The molecule has 1 aliphatic heterocycles. The van der Waals surface area contributed by atoms with Crippen LogP contribution >= 0.6 is 0 Å². The van der Waals surface area contributed by atoms with E-state index in [4.69, 9.17) is 5.73 Å². The van der Waals surface area contributed by atoms with E-state index >= 15 is 0 Å². The average molecular weight is 265 g/mol. The molecule has 1 fully saturated rings. The topological polar surface area (TPSA) is 32.5 Å². The molecule has 0 aromatic heterocycles. The first-order valence-corrected chi connectivity index (χ1v) is 7.01. The summed E-state index contributed by atoms with van der Waals surface area (Å²) in [5.74, 6) is -0.120. The minimum atomic E-state index is -0.120. The zero-order valence-electron chi connectivity index (χ0n) is 11.9. The van der Waals surface area contributed by atoms with Crippen LogP contribution in [0.4, 0.5) is 10.1 Å². The maximum atomic E-state index is 14.2. The number of piperidine rings is 1. The molecule has 0 spiro atoms. The zero-order chi connectivity index (χ0) is 13.8. The summed E-state index contributed by atoms with van der Waals surface area (Å²) >= 11 is 0. The van der Waals surface area contributed by atoms with Gasteiger partial charge in [0.05, 0.1) is 5.69 Å². The maximum absolute atomic E-state index is 14.2. The molecule has 2 rings (SSSR count). The van der Waals surface area contributed by atoms with Crippen molar-refractivity contribution in [3.63, 3.8) is 0 Å². The minimum Gasteiger partial charge on any atom is -0.368 e. The van der Waals surface area contributed by atoms with Crippen LogP contribution in [0.1, 0.15) is 18.4 Å².